The van der Waals surface area contributed by atoms with Crippen LogP contribution in [-0.4, -0.2) is 30.8 Å². The van der Waals surface area contributed by atoms with Crippen molar-refractivity contribution in [1.29, 1.82) is 0 Å². The van der Waals surface area contributed by atoms with Crippen molar-refractivity contribution in [1.82, 2.24) is 5.32 Å². The summed E-state index contributed by atoms with van der Waals surface area (Å²) in [6.07, 6.45) is 6.57. The molecule has 2 aromatic rings. The van der Waals surface area contributed by atoms with Crippen LogP contribution in [0.4, 0.5) is 5.69 Å². The Labute approximate surface area is 201 Å². The number of nitrogens with one attached hydrogen (secondary N) is 1. The van der Waals surface area contributed by atoms with Crippen LogP contribution in [-0.2, 0) is 16.0 Å². The van der Waals surface area contributed by atoms with E-state index >= 15 is 0 Å². The second-order valence-corrected chi connectivity index (χ2v) is 8.76. The van der Waals surface area contributed by atoms with Gasteiger partial charge in [0.2, 0.25) is 0 Å². The molecule has 0 amide bonds. The quantitative estimate of drug-likeness (QED) is 0.172. The van der Waals surface area contributed by atoms with Crippen LogP contribution in [0.15, 0.2) is 42.5 Å². The minimum Gasteiger partial charge on any atom is -0.466 e. The largest absolute Gasteiger partial charge is 0.466 e. The number of aliphatic hydroxyl groups excluding tert-OH is 1. The summed E-state index contributed by atoms with van der Waals surface area (Å²) in [6.45, 7) is 1.70. The van der Waals surface area contributed by atoms with Crippen molar-refractivity contribution in [3.8, 4) is 0 Å². The van der Waals surface area contributed by atoms with Gasteiger partial charge in [0.25, 0.3) is 0 Å². The highest BCUT2D eigenvalue weighted by Crippen LogP contribution is 2.31. The number of ether oxygens (including phenoxy) is 1. The normalized spacial score (nSPS) is 12.0. The molecule has 7 heteroatoms. The van der Waals surface area contributed by atoms with Crippen LogP contribution in [0.2, 0.25) is 10.0 Å². The molecule has 0 bridgehead atoms. The Kier molecular flexibility index (Phi) is 12.5. The van der Waals surface area contributed by atoms with Gasteiger partial charge < -0.3 is 20.9 Å². The Balaban J connectivity index is 1.42. The van der Waals surface area contributed by atoms with Gasteiger partial charge in [-0.2, -0.15) is 0 Å². The van der Waals surface area contributed by atoms with Crippen LogP contribution in [0, 0.1) is 0 Å². The van der Waals surface area contributed by atoms with Crippen molar-refractivity contribution in [3.63, 3.8) is 0 Å². The molecule has 0 aliphatic rings. The summed E-state index contributed by atoms with van der Waals surface area (Å²) in [5.74, 6) is -0.100. The van der Waals surface area contributed by atoms with Crippen LogP contribution >= 0.6 is 23.2 Å². The number of nitrogen functional groups attached to an aromatic ring is 1. The predicted molar refractivity (Wildman–Crippen MR) is 132 cm³/mol. The van der Waals surface area contributed by atoms with Crippen molar-refractivity contribution in [2.75, 3.05) is 25.4 Å². The third-order valence-electron chi connectivity index (χ3n) is 5.27. The molecule has 2 aromatic carbocycles. The molecular weight excluding hydrogens is 447 g/mol. The fourth-order valence-electron chi connectivity index (χ4n) is 3.36. The number of aliphatic hydroxyl groups is 1. The van der Waals surface area contributed by atoms with Crippen LogP contribution in [0.5, 0.6) is 0 Å². The molecule has 0 aliphatic carbocycles. The first kappa shape index (κ1) is 26.5. The summed E-state index contributed by atoms with van der Waals surface area (Å²) in [7, 11) is 0. The lowest BCUT2D eigenvalue weighted by Gasteiger charge is -2.14. The van der Waals surface area contributed by atoms with Crippen LogP contribution in [0.25, 0.3) is 0 Å². The molecule has 4 N–H and O–H groups in total. The van der Waals surface area contributed by atoms with Crippen molar-refractivity contribution in [2.45, 2.75) is 57.5 Å². The summed E-state index contributed by atoms with van der Waals surface area (Å²) in [6, 6.07) is 13.6. The van der Waals surface area contributed by atoms with Gasteiger partial charge in [0.15, 0.2) is 0 Å². The van der Waals surface area contributed by atoms with E-state index in [2.05, 4.69) is 17.4 Å². The molecular formula is C25H34Cl2N2O3. The van der Waals surface area contributed by atoms with Gasteiger partial charge >= 0.3 is 5.97 Å². The van der Waals surface area contributed by atoms with Crippen LogP contribution in [0.1, 0.15) is 62.2 Å². The number of benzene rings is 2. The Morgan fingerprint density at radius 1 is 1.00 bits per heavy atom. The lowest BCUT2D eigenvalue weighted by atomic mass is 10.1. The van der Waals surface area contributed by atoms with Gasteiger partial charge in [-0.15, -0.1) is 0 Å². The van der Waals surface area contributed by atoms with Crippen molar-refractivity contribution < 1.29 is 14.6 Å². The molecule has 0 radical (unpaired) electrons. The first-order chi connectivity index (χ1) is 15.5. The first-order valence-electron chi connectivity index (χ1n) is 11.3. The van der Waals surface area contributed by atoms with E-state index in [1.54, 1.807) is 12.1 Å². The zero-order valence-corrected chi connectivity index (χ0v) is 20.0. The summed E-state index contributed by atoms with van der Waals surface area (Å²) in [4.78, 5) is 11.8. The molecule has 0 aliphatic heterocycles. The number of nitrogens with two attached hydrogens (primary N) is 1. The van der Waals surface area contributed by atoms with Crippen molar-refractivity contribution in [3.05, 3.63) is 63.6 Å². The number of carbonyl (C=O) groups excluding carboxylic acids is 1. The lowest BCUT2D eigenvalue weighted by Crippen LogP contribution is -2.22. The Hall–Kier alpha value is -1.79. The highest BCUT2D eigenvalue weighted by atomic mass is 35.5. The summed E-state index contributed by atoms with van der Waals surface area (Å²) < 4.78 is 5.31. The molecule has 2 rings (SSSR count). The van der Waals surface area contributed by atoms with Gasteiger partial charge in [0.1, 0.15) is 0 Å². The molecule has 32 heavy (non-hydrogen) atoms. The van der Waals surface area contributed by atoms with E-state index in [-0.39, 0.29) is 5.97 Å². The van der Waals surface area contributed by atoms with E-state index in [1.807, 2.05) is 18.2 Å². The standard InChI is InChI=1S/C25H34Cl2N2O3/c26-21-16-20(17-22(27)25(21)28)23(30)18-29-14-8-1-2-9-15-32-24(31)13-7-6-12-19-10-4-3-5-11-19/h3-5,10-11,16-17,23,29-30H,1-2,6-9,12-15,18,28H2. The van der Waals surface area contributed by atoms with E-state index in [0.29, 0.717) is 40.9 Å². The molecule has 0 aromatic heterocycles. The summed E-state index contributed by atoms with van der Waals surface area (Å²) in [5.41, 5.74) is 7.99. The average Bonchev–Trinajstić information content (AvgIpc) is 2.79. The molecule has 1 atom stereocenters. The highest BCUT2D eigenvalue weighted by Gasteiger charge is 2.12. The third kappa shape index (κ3) is 10.2. The molecule has 5 nitrogen and oxygen atoms in total. The van der Waals surface area contributed by atoms with Gasteiger partial charge in [0, 0.05) is 13.0 Å². The van der Waals surface area contributed by atoms with E-state index in [1.165, 1.54) is 5.56 Å². The van der Waals surface area contributed by atoms with Gasteiger partial charge in [-0.05, 0) is 61.9 Å². The SMILES string of the molecule is Nc1c(Cl)cc(C(O)CNCCCCCCOC(=O)CCCCc2ccccc2)cc1Cl. The Morgan fingerprint density at radius 3 is 2.41 bits per heavy atom. The Morgan fingerprint density at radius 2 is 1.69 bits per heavy atom. The maximum atomic E-state index is 11.8. The van der Waals surface area contributed by atoms with Crippen LogP contribution < -0.4 is 11.1 Å². The van der Waals surface area contributed by atoms with Crippen LogP contribution in [0.3, 0.4) is 0 Å². The minimum absolute atomic E-state index is 0.100. The van der Waals surface area contributed by atoms with Crippen molar-refractivity contribution in [2.24, 2.45) is 0 Å². The molecule has 1 unspecified atom stereocenters. The first-order valence-corrected chi connectivity index (χ1v) is 12.1. The molecule has 0 saturated carbocycles. The minimum atomic E-state index is -0.697. The lowest BCUT2D eigenvalue weighted by molar-refractivity contribution is -0.143. The number of halogens is 2. The number of hydrogen-bond donors (Lipinski definition) is 3. The monoisotopic (exact) mass is 480 g/mol. The maximum Gasteiger partial charge on any atom is 0.305 e. The van der Waals surface area contributed by atoms with Gasteiger partial charge in [0.05, 0.1) is 28.4 Å². The van der Waals surface area contributed by atoms with Gasteiger partial charge in [-0.1, -0.05) is 66.4 Å². The fourth-order valence-corrected chi connectivity index (χ4v) is 3.86. The molecule has 0 spiro atoms. The smallest absolute Gasteiger partial charge is 0.305 e. The number of esters is 1. The molecule has 0 heterocycles. The van der Waals surface area contributed by atoms with Gasteiger partial charge in [-0.25, -0.2) is 0 Å². The second kappa shape index (κ2) is 15.1. The topological polar surface area (TPSA) is 84.6 Å². The van der Waals surface area contributed by atoms with Gasteiger partial charge in [-0.3, -0.25) is 4.79 Å². The number of carbonyl (C=O) groups is 1. The van der Waals surface area contributed by atoms with E-state index in [9.17, 15) is 9.90 Å². The average molecular weight is 481 g/mol. The predicted octanol–water partition coefficient (Wildman–Crippen LogP) is 5.72. The Bertz CT molecular complexity index is 795. The zero-order valence-electron chi connectivity index (χ0n) is 18.5. The summed E-state index contributed by atoms with van der Waals surface area (Å²) in [5, 5.41) is 14.2. The maximum absolute atomic E-state index is 11.8. The number of anilines is 1. The molecule has 0 saturated heterocycles. The number of unbranched alkanes of at least 4 members (excludes halogenated alkanes) is 4. The number of hydrogen-bond acceptors (Lipinski definition) is 5. The third-order valence-corrected chi connectivity index (χ3v) is 5.90. The van der Waals surface area contributed by atoms with E-state index in [4.69, 9.17) is 33.7 Å². The zero-order chi connectivity index (χ0) is 23.2. The highest BCUT2D eigenvalue weighted by molar-refractivity contribution is 6.38. The van der Waals surface area contributed by atoms with E-state index < -0.39 is 6.10 Å². The summed E-state index contributed by atoms with van der Waals surface area (Å²) >= 11 is 12.0. The number of rotatable bonds is 15. The fraction of sp³-hybridized carbons (Fsp3) is 0.480. The van der Waals surface area contributed by atoms with Crippen molar-refractivity contribution >= 4 is 34.9 Å². The molecule has 0 fully saturated rings. The van der Waals surface area contributed by atoms with E-state index in [0.717, 1.165) is 51.5 Å². The second-order valence-electron chi connectivity index (χ2n) is 7.95. The number of aryl methyl sites for hydroxylation is 1. The molecule has 176 valence electrons.